The van der Waals surface area contributed by atoms with E-state index in [0.717, 1.165) is 5.56 Å². The van der Waals surface area contributed by atoms with E-state index in [0.29, 0.717) is 13.0 Å². The van der Waals surface area contributed by atoms with Crippen LogP contribution in [0, 0.1) is 0 Å². The molecule has 0 aliphatic rings. The second kappa shape index (κ2) is 7.05. The molecule has 0 unspecified atom stereocenters. The monoisotopic (exact) mass is 279 g/mol. The minimum atomic E-state index is -1.35. The lowest BCUT2D eigenvalue weighted by Gasteiger charge is -2.22. The fourth-order valence-corrected chi connectivity index (χ4v) is 1.90. The number of hydrogen-bond donors (Lipinski definition) is 2. The summed E-state index contributed by atoms with van der Waals surface area (Å²) in [5.74, 6) is -1.91. The average Bonchev–Trinajstić information content (AvgIpc) is 2.40. The van der Waals surface area contributed by atoms with Gasteiger partial charge in [-0.05, 0) is 32.3 Å². The molecule has 0 bridgehead atoms. The second-order valence-corrected chi connectivity index (χ2v) is 4.98. The number of carbonyl (C=O) groups is 2. The van der Waals surface area contributed by atoms with Gasteiger partial charge >= 0.3 is 11.9 Å². The number of rotatable bonds is 7. The minimum Gasteiger partial charge on any atom is -0.480 e. The quantitative estimate of drug-likeness (QED) is 0.744. The number of esters is 1. The third-order valence-electron chi connectivity index (χ3n) is 3.21. The molecule has 0 aliphatic carbocycles. The van der Waals surface area contributed by atoms with E-state index in [1.807, 2.05) is 30.3 Å². The van der Waals surface area contributed by atoms with Crippen LogP contribution in [0.1, 0.15) is 38.2 Å². The van der Waals surface area contributed by atoms with Gasteiger partial charge in [0.15, 0.2) is 0 Å². The number of nitrogens with two attached hydrogens (primary N) is 1. The maximum Gasteiger partial charge on any atom is 0.323 e. The van der Waals surface area contributed by atoms with Crippen LogP contribution in [0.2, 0.25) is 0 Å². The first-order chi connectivity index (χ1) is 9.38. The van der Waals surface area contributed by atoms with Gasteiger partial charge in [0.2, 0.25) is 0 Å². The van der Waals surface area contributed by atoms with E-state index >= 15 is 0 Å². The lowest BCUT2D eigenvalue weighted by molar-refractivity contribution is -0.147. The van der Waals surface area contributed by atoms with Crippen LogP contribution < -0.4 is 5.73 Å². The van der Waals surface area contributed by atoms with Gasteiger partial charge in [0, 0.05) is 0 Å². The fourth-order valence-electron chi connectivity index (χ4n) is 1.90. The molecule has 0 radical (unpaired) electrons. The Kier molecular flexibility index (Phi) is 5.70. The summed E-state index contributed by atoms with van der Waals surface area (Å²) in [7, 11) is 0. The zero-order valence-corrected chi connectivity index (χ0v) is 11.8. The first-order valence-electron chi connectivity index (χ1n) is 6.62. The van der Waals surface area contributed by atoms with E-state index in [-0.39, 0.29) is 12.4 Å². The highest BCUT2D eigenvalue weighted by atomic mass is 16.5. The molecule has 0 saturated heterocycles. The molecule has 20 heavy (non-hydrogen) atoms. The number of carboxylic acid groups (broad SMARTS) is 1. The molecule has 0 spiro atoms. The van der Waals surface area contributed by atoms with Crippen LogP contribution in [0.15, 0.2) is 30.3 Å². The molecule has 3 N–H and O–H groups in total. The molecule has 0 saturated carbocycles. The topological polar surface area (TPSA) is 89.6 Å². The summed E-state index contributed by atoms with van der Waals surface area (Å²) in [4.78, 5) is 23.0. The molecule has 5 nitrogen and oxygen atoms in total. The molecule has 5 heteroatoms. The molecular formula is C15H21NO4. The minimum absolute atomic E-state index is 0.195. The predicted molar refractivity (Wildman–Crippen MR) is 75.3 cm³/mol. The maximum absolute atomic E-state index is 12.0. The van der Waals surface area contributed by atoms with Crippen molar-refractivity contribution in [3.63, 3.8) is 0 Å². The number of benzene rings is 1. The smallest absolute Gasteiger partial charge is 0.323 e. The van der Waals surface area contributed by atoms with Crippen molar-refractivity contribution in [3.05, 3.63) is 35.9 Å². The summed E-state index contributed by atoms with van der Waals surface area (Å²) in [6.07, 6.45) is 0.531. The van der Waals surface area contributed by atoms with Gasteiger partial charge in [-0.1, -0.05) is 30.3 Å². The number of carboxylic acids is 1. The van der Waals surface area contributed by atoms with Gasteiger partial charge in [-0.25, -0.2) is 0 Å². The van der Waals surface area contributed by atoms with Crippen molar-refractivity contribution in [2.45, 2.75) is 38.1 Å². The predicted octanol–water partition coefficient (Wildman–Crippen LogP) is 1.92. The molecule has 0 amide bonds. The van der Waals surface area contributed by atoms with Crippen LogP contribution in [0.25, 0.3) is 0 Å². The zero-order chi connectivity index (χ0) is 15.2. The summed E-state index contributed by atoms with van der Waals surface area (Å²) in [6.45, 7) is 3.48. The lowest BCUT2D eigenvalue weighted by Crippen LogP contribution is -2.45. The highest BCUT2D eigenvalue weighted by Crippen LogP contribution is 2.25. The average molecular weight is 279 g/mol. The van der Waals surface area contributed by atoms with E-state index in [9.17, 15) is 9.59 Å². The normalized spacial score (nSPS) is 15.2. The van der Waals surface area contributed by atoms with Crippen molar-refractivity contribution < 1.29 is 19.4 Å². The van der Waals surface area contributed by atoms with E-state index in [1.165, 1.54) is 6.92 Å². The first-order valence-corrected chi connectivity index (χ1v) is 6.62. The highest BCUT2D eigenvalue weighted by molar-refractivity contribution is 5.79. The summed E-state index contributed by atoms with van der Waals surface area (Å²) < 4.78 is 5.06. The Labute approximate surface area is 118 Å². The molecule has 2 atom stereocenters. The Morgan fingerprint density at radius 3 is 2.45 bits per heavy atom. The van der Waals surface area contributed by atoms with E-state index < -0.39 is 17.4 Å². The Hall–Kier alpha value is -1.88. The Morgan fingerprint density at radius 1 is 1.35 bits per heavy atom. The van der Waals surface area contributed by atoms with Crippen LogP contribution in [-0.2, 0) is 14.3 Å². The van der Waals surface area contributed by atoms with Crippen molar-refractivity contribution >= 4 is 11.9 Å². The molecule has 1 rings (SSSR count). The Bertz CT molecular complexity index is 456. The standard InChI is InChI=1S/C15H21NO4/c1-3-20-13(17)12(11-7-5-4-6-8-11)9-10-15(2,16)14(18)19/h4-8,12H,3,9-10,16H2,1-2H3,(H,18,19)/t12-,15+/m0/s1. The van der Waals surface area contributed by atoms with Crippen molar-refractivity contribution in [2.75, 3.05) is 6.61 Å². The largest absolute Gasteiger partial charge is 0.480 e. The van der Waals surface area contributed by atoms with Gasteiger partial charge in [0.1, 0.15) is 5.54 Å². The van der Waals surface area contributed by atoms with Gasteiger partial charge in [-0.15, -0.1) is 0 Å². The molecule has 1 aromatic carbocycles. The zero-order valence-electron chi connectivity index (χ0n) is 11.8. The van der Waals surface area contributed by atoms with E-state index in [2.05, 4.69) is 0 Å². The number of carbonyl (C=O) groups excluding carboxylic acids is 1. The molecular weight excluding hydrogens is 258 g/mol. The number of aliphatic carboxylic acids is 1. The van der Waals surface area contributed by atoms with Crippen molar-refractivity contribution in [3.8, 4) is 0 Å². The Balaban J connectivity index is 2.85. The van der Waals surface area contributed by atoms with E-state index in [1.54, 1.807) is 6.92 Å². The molecule has 0 heterocycles. The van der Waals surface area contributed by atoms with Crippen molar-refractivity contribution in [1.82, 2.24) is 0 Å². The van der Waals surface area contributed by atoms with Crippen LogP contribution >= 0.6 is 0 Å². The second-order valence-electron chi connectivity index (χ2n) is 4.98. The van der Waals surface area contributed by atoms with Crippen molar-refractivity contribution in [2.24, 2.45) is 5.73 Å². The van der Waals surface area contributed by atoms with Gasteiger partial charge < -0.3 is 15.6 Å². The Morgan fingerprint density at radius 2 is 1.95 bits per heavy atom. The van der Waals surface area contributed by atoms with Gasteiger partial charge in [0.25, 0.3) is 0 Å². The third kappa shape index (κ3) is 4.35. The van der Waals surface area contributed by atoms with E-state index in [4.69, 9.17) is 15.6 Å². The van der Waals surface area contributed by atoms with Gasteiger partial charge in [0.05, 0.1) is 12.5 Å². The first kappa shape index (κ1) is 16.2. The molecule has 110 valence electrons. The summed E-state index contributed by atoms with van der Waals surface area (Å²) >= 11 is 0. The van der Waals surface area contributed by atoms with Crippen LogP contribution in [-0.4, -0.2) is 29.2 Å². The van der Waals surface area contributed by atoms with Crippen molar-refractivity contribution in [1.29, 1.82) is 0 Å². The molecule has 0 aliphatic heterocycles. The van der Waals surface area contributed by atoms with Gasteiger partial charge in [-0.3, -0.25) is 9.59 Å². The third-order valence-corrected chi connectivity index (χ3v) is 3.21. The van der Waals surface area contributed by atoms with Crippen LogP contribution in [0.3, 0.4) is 0 Å². The maximum atomic E-state index is 12.0. The number of hydrogen-bond acceptors (Lipinski definition) is 4. The van der Waals surface area contributed by atoms with Crippen LogP contribution in [0.4, 0.5) is 0 Å². The highest BCUT2D eigenvalue weighted by Gasteiger charge is 2.31. The number of ether oxygens (including phenoxy) is 1. The summed E-state index contributed by atoms with van der Waals surface area (Å²) in [5, 5.41) is 9.03. The molecule has 1 aromatic rings. The fraction of sp³-hybridized carbons (Fsp3) is 0.467. The van der Waals surface area contributed by atoms with Crippen LogP contribution in [0.5, 0.6) is 0 Å². The lowest BCUT2D eigenvalue weighted by atomic mass is 9.88. The molecule has 0 aromatic heterocycles. The summed E-state index contributed by atoms with van der Waals surface area (Å²) in [6, 6.07) is 9.18. The van der Waals surface area contributed by atoms with Gasteiger partial charge in [-0.2, -0.15) is 0 Å². The SMILES string of the molecule is CCOC(=O)[C@@H](CC[C@@](C)(N)C(=O)O)c1ccccc1. The molecule has 0 fully saturated rings. The summed E-state index contributed by atoms with van der Waals surface area (Å²) in [5.41, 5.74) is 5.17.